The average molecular weight is 228 g/mol. The van der Waals surface area contributed by atoms with Crippen LogP contribution in [0.2, 0.25) is 0 Å². The topological polar surface area (TPSA) is 49.5 Å². The summed E-state index contributed by atoms with van der Waals surface area (Å²) in [6.07, 6.45) is 2.12. The minimum Gasteiger partial charge on any atom is -0.393 e. The van der Waals surface area contributed by atoms with Gasteiger partial charge in [0.15, 0.2) is 0 Å². The van der Waals surface area contributed by atoms with E-state index >= 15 is 0 Å². The Morgan fingerprint density at radius 1 is 1.25 bits per heavy atom. The Hall–Kier alpha value is -0.120. The monoisotopic (exact) mass is 228 g/mol. The second-order valence-electron chi connectivity index (χ2n) is 5.62. The first-order valence-electron chi connectivity index (χ1n) is 6.65. The fourth-order valence-corrected chi connectivity index (χ4v) is 2.51. The van der Waals surface area contributed by atoms with Crippen LogP contribution in [0.3, 0.4) is 0 Å². The maximum atomic E-state index is 9.54. The molecule has 1 aliphatic rings. The Labute approximate surface area is 100 Å². The molecule has 3 heteroatoms. The highest BCUT2D eigenvalue weighted by molar-refractivity contribution is 4.78. The molecule has 1 saturated heterocycles. The number of piperidine rings is 1. The molecule has 0 amide bonds. The Bertz CT molecular complexity index is 186. The summed E-state index contributed by atoms with van der Waals surface area (Å²) in [5.41, 5.74) is 5.80. The Balaban J connectivity index is 2.31. The summed E-state index contributed by atoms with van der Waals surface area (Å²) < 4.78 is 0. The summed E-state index contributed by atoms with van der Waals surface area (Å²) in [6.45, 7) is 10.6. The minimum atomic E-state index is -0.141. The zero-order valence-electron chi connectivity index (χ0n) is 11.0. The molecule has 3 nitrogen and oxygen atoms in total. The molecular formula is C13H28N2O. The third-order valence-electron chi connectivity index (χ3n) is 4.05. The molecule has 0 aromatic heterocycles. The number of nitrogens with two attached hydrogens (primary N) is 1. The summed E-state index contributed by atoms with van der Waals surface area (Å²) in [6, 6.07) is 0. The van der Waals surface area contributed by atoms with Crippen molar-refractivity contribution in [3.05, 3.63) is 0 Å². The predicted molar refractivity (Wildman–Crippen MR) is 68.2 cm³/mol. The Morgan fingerprint density at radius 2 is 1.81 bits per heavy atom. The van der Waals surface area contributed by atoms with Crippen molar-refractivity contribution in [1.29, 1.82) is 0 Å². The number of likely N-dealkylation sites (tertiary alicyclic amines) is 1. The summed E-state index contributed by atoms with van der Waals surface area (Å²) in [4.78, 5) is 2.51. The summed E-state index contributed by atoms with van der Waals surface area (Å²) >= 11 is 0. The Morgan fingerprint density at radius 3 is 2.19 bits per heavy atom. The Kier molecular flexibility index (Phi) is 5.73. The van der Waals surface area contributed by atoms with Crippen molar-refractivity contribution >= 4 is 0 Å². The van der Waals surface area contributed by atoms with E-state index in [0.29, 0.717) is 17.8 Å². The van der Waals surface area contributed by atoms with Gasteiger partial charge in [0.1, 0.15) is 0 Å². The maximum Gasteiger partial charge on any atom is 0.0541 e. The van der Waals surface area contributed by atoms with Gasteiger partial charge in [-0.2, -0.15) is 0 Å². The minimum absolute atomic E-state index is 0.141. The predicted octanol–water partition coefficient (Wildman–Crippen LogP) is 1.31. The molecule has 0 spiro atoms. The molecule has 16 heavy (non-hydrogen) atoms. The van der Waals surface area contributed by atoms with E-state index in [1.807, 2.05) is 6.92 Å². The van der Waals surface area contributed by atoms with E-state index in [2.05, 4.69) is 18.7 Å². The molecule has 0 radical (unpaired) electrons. The number of nitrogens with zero attached hydrogens (tertiary/aromatic N) is 1. The molecule has 96 valence electrons. The molecule has 0 aromatic carbocycles. The van der Waals surface area contributed by atoms with E-state index in [9.17, 15) is 5.11 Å². The molecule has 0 saturated carbocycles. The largest absolute Gasteiger partial charge is 0.393 e. The maximum absolute atomic E-state index is 9.54. The van der Waals surface area contributed by atoms with Crippen molar-refractivity contribution in [2.45, 2.75) is 39.7 Å². The highest BCUT2D eigenvalue weighted by Gasteiger charge is 2.24. The number of hydrogen-bond acceptors (Lipinski definition) is 3. The lowest BCUT2D eigenvalue weighted by atomic mass is 9.90. The number of rotatable bonds is 5. The second kappa shape index (κ2) is 6.58. The average Bonchev–Trinajstić information content (AvgIpc) is 2.26. The summed E-state index contributed by atoms with van der Waals surface area (Å²) in [5, 5.41) is 9.54. The number of hydrogen-bond donors (Lipinski definition) is 2. The summed E-state index contributed by atoms with van der Waals surface area (Å²) in [5.74, 6) is 1.79. The third kappa shape index (κ3) is 4.04. The zero-order valence-corrected chi connectivity index (χ0v) is 11.0. The van der Waals surface area contributed by atoms with E-state index in [-0.39, 0.29) is 6.10 Å². The smallest absolute Gasteiger partial charge is 0.0541 e. The lowest BCUT2D eigenvalue weighted by Gasteiger charge is -2.36. The van der Waals surface area contributed by atoms with Crippen molar-refractivity contribution in [2.24, 2.45) is 23.5 Å². The number of aliphatic hydroxyl groups is 1. The van der Waals surface area contributed by atoms with Crippen LogP contribution in [0.15, 0.2) is 0 Å². The van der Waals surface area contributed by atoms with Gasteiger partial charge < -0.3 is 15.7 Å². The van der Waals surface area contributed by atoms with Crippen LogP contribution in [0.4, 0.5) is 0 Å². The van der Waals surface area contributed by atoms with E-state index in [0.717, 1.165) is 39.0 Å². The highest BCUT2D eigenvalue weighted by Crippen LogP contribution is 2.22. The van der Waals surface area contributed by atoms with Gasteiger partial charge in [0.05, 0.1) is 6.10 Å². The van der Waals surface area contributed by atoms with Crippen molar-refractivity contribution in [1.82, 2.24) is 4.90 Å². The van der Waals surface area contributed by atoms with Crippen molar-refractivity contribution in [3.63, 3.8) is 0 Å². The van der Waals surface area contributed by atoms with Crippen LogP contribution in [-0.4, -0.2) is 42.3 Å². The van der Waals surface area contributed by atoms with Gasteiger partial charge in [-0.3, -0.25) is 0 Å². The molecule has 0 bridgehead atoms. The fraction of sp³-hybridized carbons (Fsp3) is 1.00. The molecule has 1 heterocycles. The second-order valence-corrected chi connectivity index (χ2v) is 5.62. The van der Waals surface area contributed by atoms with Gasteiger partial charge in [0, 0.05) is 6.54 Å². The normalized spacial score (nSPS) is 23.6. The lowest BCUT2D eigenvalue weighted by Crippen LogP contribution is -2.42. The SMILES string of the molecule is CC(C)C(CN)CN1CCC(C(C)O)CC1. The lowest BCUT2D eigenvalue weighted by molar-refractivity contribution is 0.0639. The summed E-state index contributed by atoms with van der Waals surface area (Å²) in [7, 11) is 0. The molecule has 3 N–H and O–H groups in total. The third-order valence-corrected chi connectivity index (χ3v) is 4.05. The molecule has 1 rings (SSSR count). The van der Waals surface area contributed by atoms with Gasteiger partial charge in [0.2, 0.25) is 0 Å². The molecule has 2 atom stereocenters. The van der Waals surface area contributed by atoms with E-state index in [1.165, 1.54) is 0 Å². The number of aliphatic hydroxyl groups excluding tert-OH is 1. The highest BCUT2D eigenvalue weighted by atomic mass is 16.3. The van der Waals surface area contributed by atoms with Crippen molar-refractivity contribution < 1.29 is 5.11 Å². The van der Waals surface area contributed by atoms with Crippen LogP contribution in [-0.2, 0) is 0 Å². The van der Waals surface area contributed by atoms with Gasteiger partial charge in [0.25, 0.3) is 0 Å². The van der Waals surface area contributed by atoms with Gasteiger partial charge in [-0.1, -0.05) is 13.8 Å². The van der Waals surface area contributed by atoms with E-state index in [4.69, 9.17) is 5.73 Å². The van der Waals surface area contributed by atoms with Crippen LogP contribution in [0, 0.1) is 17.8 Å². The van der Waals surface area contributed by atoms with Crippen LogP contribution in [0.25, 0.3) is 0 Å². The van der Waals surface area contributed by atoms with E-state index in [1.54, 1.807) is 0 Å². The molecule has 1 aliphatic heterocycles. The van der Waals surface area contributed by atoms with Crippen molar-refractivity contribution in [2.75, 3.05) is 26.2 Å². The van der Waals surface area contributed by atoms with Crippen LogP contribution < -0.4 is 5.73 Å². The molecule has 1 fully saturated rings. The van der Waals surface area contributed by atoms with Gasteiger partial charge in [-0.25, -0.2) is 0 Å². The molecule has 0 aliphatic carbocycles. The molecule has 0 aromatic rings. The quantitative estimate of drug-likeness (QED) is 0.746. The molecular weight excluding hydrogens is 200 g/mol. The van der Waals surface area contributed by atoms with Gasteiger partial charge in [-0.05, 0) is 57.2 Å². The van der Waals surface area contributed by atoms with Crippen LogP contribution in [0.5, 0.6) is 0 Å². The van der Waals surface area contributed by atoms with Crippen LogP contribution >= 0.6 is 0 Å². The first kappa shape index (κ1) is 13.9. The van der Waals surface area contributed by atoms with Gasteiger partial charge in [-0.15, -0.1) is 0 Å². The van der Waals surface area contributed by atoms with Gasteiger partial charge >= 0.3 is 0 Å². The standard InChI is InChI=1S/C13H28N2O/c1-10(2)13(8-14)9-15-6-4-12(5-7-15)11(3)16/h10-13,16H,4-9,14H2,1-3H3. The fourth-order valence-electron chi connectivity index (χ4n) is 2.51. The first-order valence-corrected chi connectivity index (χ1v) is 6.65. The van der Waals surface area contributed by atoms with Crippen LogP contribution in [0.1, 0.15) is 33.6 Å². The first-order chi connectivity index (χ1) is 7.54. The van der Waals surface area contributed by atoms with E-state index < -0.39 is 0 Å². The zero-order chi connectivity index (χ0) is 12.1. The molecule has 2 unspecified atom stereocenters. The van der Waals surface area contributed by atoms with Crippen molar-refractivity contribution in [3.8, 4) is 0 Å².